The standard InChI is InChI=1S/C11H12FN3O2/c12-9-6-11-10(14-17-15(11)16)5-8(9)7-1-3-13-4-2-7/h5-7,13H,1-4H2. The third kappa shape index (κ3) is 1.74. The number of halogens is 1. The maximum Gasteiger partial charge on any atom is 0.249 e. The van der Waals surface area contributed by atoms with Crippen LogP contribution in [-0.2, 0) is 0 Å². The van der Waals surface area contributed by atoms with E-state index in [2.05, 4.69) is 15.1 Å². The molecular weight excluding hydrogens is 225 g/mol. The van der Waals surface area contributed by atoms with Crippen LogP contribution in [0.2, 0.25) is 0 Å². The number of fused-ring (bicyclic) bond motifs is 1. The van der Waals surface area contributed by atoms with Crippen LogP contribution < -0.4 is 10.2 Å². The SMILES string of the molecule is [O-][n+]1onc2cc(C3CCNCC3)c(F)cc21. The maximum atomic E-state index is 13.9. The van der Waals surface area contributed by atoms with Gasteiger partial charge in [0.25, 0.3) is 0 Å². The molecule has 1 fully saturated rings. The van der Waals surface area contributed by atoms with Gasteiger partial charge < -0.3 is 10.5 Å². The smallest absolute Gasteiger partial charge is 0.249 e. The number of aromatic nitrogens is 2. The molecule has 2 heterocycles. The van der Waals surface area contributed by atoms with Gasteiger partial charge in [-0.2, -0.15) is 0 Å². The fourth-order valence-corrected chi connectivity index (χ4v) is 2.36. The Morgan fingerprint density at radius 2 is 2.18 bits per heavy atom. The van der Waals surface area contributed by atoms with E-state index in [4.69, 9.17) is 0 Å². The summed E-state index contributed by atoms with van der Waals surface area (Å²) in [5.41, 5.74) is 1.18. The van der Waals surface area contributed by atoms with E-state index in [0.717, 1.165) is 25.9 Å². The highest BCUT2D eigenvalue weighted by atomic mass is 19.1. The van der Waals surface area contributed by atoms with E-state index in [1.54, 1.807) is 6.07 Å². The molecule has 0 unspecified atom stereocenters. The Morgan fingerprint density at radius 1 is 1.41 bits per heavy atom. The number of nitrogens with zero attached hydrogens (tertiary/aromatic N) is 2. The van der Waals surface area contributed by atoms with Gasteiger partial charge in [-0.25, -0.2) is 4.39 Å². The quantitative estimate of drug-likeness (QED) is 0.753. The second kappa shape index (κ2) is 3.96. The summed E-state index contributed by atoms with van der Waals surface area (Å²) in [4.78, 5) is 0.227. The summed E-state index contributed by atoms with van der Waals surface area (Å²) < 4.78 is 18.4. The minimum atomic E-state index is -0.350. The van der Waals surface area contributed by atoms with E-state index in [1.165, 1.54) is 6.07 Å². The van der Waals surface area contributed by atoms with Crippen molar-refractivity contribution in [3.63, 3.8) is 0 Å². The molecule has 0 spiro atoms. The van der Waals surface area contributed by atoms with Crippen LogP contribution in [0.1, 0.15) is 24.3 Å². The largest absolute Gasteiger partial charge is 0.359 e. The third-order valence-electron chi connectivity index (χ3n) is 3.28. The molecule has 0 bridgehead atoms. The molecule has 90 valence electrons. The molecule has 1 saturated heterocycles. The van der Waals surface area contributed by atoms with Gasteiger partial charge in [-0.15, -0.1) is 0 Å². The van der Waals surface area contributed by atoms with E-state index in [9.17, 15) is 9.60 Å². The molecule has 17 heavy (non-hydrogen) atoms. The monoisotopic (exact) mass is 237 g/mol. The Balaban J connectivity index is 2.06. The summed E-state index contributed by atoms with van der Waals surface area (Å²) in [6.07, 6.45) is 1.80. The average molecular weight is 237 g/mol. The van der Waals surface area contributed by atoms with Crippen molar-refractivity contribution in [1.29, 1.82) is 0 Å². The lowest BCUT2D eigenvalue weighted by molar-refractivity contribution is -0.782. The first-order valence-corrected chi connectivity index (χ1v) is 5.65. The Bertz CT molecular complexity index is 549. The summed E-state index contributed by atoms with van der Waals surface area (Å²) in [5.74, 6) is -0.158. The van der Waals surface area contributed by atoms with Gasteiger partial charge in [0.2, 0.25) is 11.0 Å². The fraction of sp³-hybridized carbons (Fsp3) is 0.455. The summed E-state index contributed by atoms with van der Waals surface area (Å²) in [7, 11) is 0. The molecule has 0 radical (unpaired) electrons. The summed E-state index contributed by atoms with van der Waals surface area (Å²) >= 11 is 0. The molecular formula is C11H12FN3O2. The van der Waals surface area contributed by atoms with Crippen LogP contribution in [0.5, 0.6) is 0 Å². The maximum absolute atomic E-state index is 13.9. The number of nitrogens with one attached hydrogen (secondary N) is 1. The Kier molecular flexibility index (Phi) is 2.44. The number of rotatable bonds is 1. The summed E-state index contributed by atoms with van der Waals surface area (Å²) in [6.45, 7) is 1.78. The van der Waals surface area contributed by atoms with Gasteiger partial charge in [-0.3, -0.25) is 4.63 Å². The van der Waals surface area contributed by atoms with E-state index in [1.807, 2.05) is 0 Å². The van der Waals surface area contributed by atoms with Gasteiger partial charge in [-0.05, 0) is 42.3 Å². The van der Waals surface area contributed by atoms with Crippen LogP contribution in [0.3, 0.4) is 0 Å². The molecule has 1 aromatic carbocycles. The van der Waals surface area contributed by atoms with Crippen molar-refractivity contribution in [2.75, 3.05) is 13.1 Å². The van der Waals surface area contributed by atoms with Crippen molar-refractivity contribution in [2.45, 2.75) is 18.8 Å². The van der Waals surface area contributed by atoms with Gasteiger partial charge in [-0.1, -0.05) is 0 Å². The molecule has 5 nitrogen and oxygen atoms in total. The lowest BCUT2D eigenvalue weighted by Crippen LogP contribution is -2.27. The second-order valence-corrected chi connectivity index (χ2v) is 4.32. The lowest BCUT2D eigenvalue weighted by Gasteiger charge is -2.22. The van der Waals surface area contributed by atoms with Crippen molar-refractivity contribution in [1.82, 2.24) is 10.5 Å². The van der Waals surface area contributed by atoms with Crippen molar-refractivity contribution in [2.24, 2.45) is 0 Å². The molecule has 2 aromatic rings. The predicted octanol–water partition coefficient (Wildman–Crippen LogP) is 1.07. The fourth-order valence-electron chi connectivity index (χ4n) is 2.36. The van der Waals surface area contributed by atoms with Crippen molar-refractivity contribution >= 4 is 11.0 Å². The Hall–Kier alpha value is -1.69. The zero-order chi connectivity index (χ0) is 11.8. The van der Waals surface area contributed by atoms with E-state index in [0.29, 0.717) is 11.1 Å². The highest BCUT2D eigenvalue weighted by molar-refractivity contribution is 5.71. The number of piperidine rings is 1. The zero-order valence-corrected chi connectivity index (χ0v) is 9.15. The molecule has 1 aromatic heterocycles. The predicted molar refractivity (Wildman–Crippen MR) is 57.8 cm³/mol. The van der Waals surface area contributed by atoms with Crippen LogP contribution in [0.25, 0.3) is 11.0 Å². The number of hydrogen-bond acceptors (Lipinski definition) is 4. The van der Waals surface area contributed by atoms with E-state index in [-0.39, 0.29) is 22.2 Å². The van der Waals surface area contributed by atoms with Crippen LogP contribution in [0, 0.1) is 11.0 Å². The molecule has 0 saturated carbocycles. The average Bonchev–Trinajstić information content (AvgIpc) is 2.71. The van der Waals surface area contributed by atoms with Crippen molar-refractivity contribution in [3.8, 4) is 0 Å². The molecule has 1 N–H and O–H groups in total. The second-order valence-electron chi connectivity index (χ2n) is 4.32. The van der Waals surface area contributed by atoms with Gasteiger partial charge in [0.15, 0.2) is 0 Å². The van der Waals surface area contributed by atoms with Crippen LogP contribution in [0.4, 0.5) is 4.39 Å². The van der Waals surface area contributed by atoms with E-state index < -0.39 is 0 Å². The van der Waals surface area contributed by atoms with Crippen molar-refractivity contribution in [3.05, 3.63) is 28.7 Å². The summed E-state index contributed by atoms with van der Waals surface area (Å²) in [5, 5.41) is 18.0. The van der Waals surface area contributed by atoms with Crippen LogP contribution in [0.15, 0.2) is 16.8 Å². The first kappa shape index (κ1) is 10.5. The highest BCUT2D eigenvalue weighted by Gasteiger charge is 2.22. The van der Waals surface area contributed by atoms with Crippen molar-refractivity contribution < 1.29 is 13.9 Å². The zero-order valence-electron chi connectivity index (χ0n) is 9.15. The first-order valence-electron chi connectivity index (χ1n) is 5.65. The molecule has 0 amide bonds. The minimum Gasteiger partial charge on any atom is -0.359 e. The minimum absolute atomic E-state index is 0.139. The topological polar surface area (TPSA) is 65.0 Å². The van der Waals surface area contributed by atoms with E-state index >= 15 is 0 Å². The molecule has 1 aliphatic heterocycles. The van der Waals surface area contributed by atoms with Crippen LogP contribution in [-0.4, -0.2) is 18.2 Å². The van der Waals surface area contributed by atoms with Gasteiger partial charge in [0.1, 0.15) is 5.82 Å². The Morgan fingerprint density at radius 3 is 2.94 bits per heavy atom. The highest BCUT2D eigenvalue weighted by Crippen LogP contribution is 2.29. The molecule has 0 aliphatic carbocycles. The first-order chi connectivity index (χ1) is 8.25. The van der Waals surface area contributed by atoms with Gasteiger partial charge in [0, 0.05) is 17.3 Å². The Labute approximate surface area is 96.7 Å². The van der Waals surface area contributed by atoms with Gasteiger partial charge >= 0.3 is 0 Å². The number of hydrogen-bond donors (Lipinski definition) is 1. The normalized spacial score (nSPS) is 17.7. The molecule has 3 rings (SSSR count). The number of benzene rings is 1. The molecule has 6 heteroatoms. The molecule has 0 atom stereocenters. The summed E-state index contributed by atoms with van der Waals surface area (Å²) in [6, 6.07) is 2.83. The third-order valence-corrected chi connectivity index (χ3v) is 3.28. The lowest BCUT2D eigenvalue weighted by atomic mass is 9.89. The van der Waals surface area contributed by atoms with Gasteiger partial charge in [0.05, 0.1) is 0 Å². The van der Waals surface area contributed by atoms with Crippen LogP contribution >= 0.6 is 0 Å². The molecule has 1 aliphatic rings.